The number of rotatable bonds is 8. The van der Waals surface area contributed by atoms with Crippen LogP contribution < -0.4 is 10.6 Å². The van der Waals surface area contributed by atoms with E-state index in [1.807, 2.05) is 11.8 Å². The van der Waals surface area contributed by atoms with Crippen molar-refractivity contribution in [3.8, 4) is 0 Å². The summed E-state index contributed by atoms with van der Waals surface area (Å²) in [6.45, 7) is 4.95. The molecule has 12 heteroatoms. The number of carbonyl (C=O) groups is 1. The maximum absolute atomic E-state index is 13.4. The third kappa shape index (κ3) is 7.39. The van der Waals surface area contributed by atoms with Crippen LogP contribution in [0.2, 0.25) is 0 Å². The van der Waals surface area contributed by atoms with Gasteiger partial charge in [-0.15, -0.1) is 5.10 Å². The second-order valence-corrected chi connectivity index (χ2v) is 11.4. The van der Waals surface area contributed by atoms with E-state index in [1.54, 1.807) is 13.3 Å². The average molecular weight is 592 g/mol. The molecule has 0 radical (unpaired) electrons. The topological polar surface area (TPSA) is 97.8 Å². The number of benzene rings is 1. The van der Waals surface area contributed by atoms with Crippen molar-refractivity contribution >= 4 is 11.6 Å². The lowest BCUT2D eigenvalue weighted by molar-refractivity contribution is -0.137. The molecule has 42 heavy (non-hydrogen) atoms. The van der Waals surface area contributed by atoms with Crippen molar-refractivity contribution in [2.24, 2.45) is 0 Å². The Labute approximate surface area is 244 Å². The third-order valence-corrected chi connectivity index (χ3v) is 8.62. The minimum absolute atomic E-state index is 0.0429. The standard InChI is InChI=1S/C30H40F3N5O4/c1-19-25(34-16-23-4-3-5-26(42-23)20-6-8-21(9-7-20)30(31,32)33)17-35-37-28(19)29(39)38-13-10-22(11-14-38)36-24-12-15-41-18-27(24)40-2/h6-9,17,22-24,26-27,36H,3-5,10-16,18H2,1-2H3,(H,34,37)/t23-,24+,26+,27-/m1/s1. The number of piperidine rings is 1. The number of nitrogens with one attached hydrogen (secondary N) is 2. The first-order valence-corrected chi connectivity index (χ1v) is 14.8. The van der Waals surface area contributed by atoms with Gasteiger partial charge >= 0.3 is 6.18 Å². The fourth-order valence-electron chi connectivity index (χ4n) is 6.07. The number of anilines is 1. The lowest BCUT2D eigenvalue weighted by Gasteiger charge is -2.38. The highest BCUT2D eigenvalue weighted by molar-refractivity contribution is 5.94. The molecule has 0 unspecified atom stereocenters. The van der Waals surface area contributed by atoms with Crippen LogP contribution in [-0.4, -0.2) is 85.3 Å². The normalized spacial score (nSPS) is 25.8. The van der Waals surface area contributed by atoms with Gasteiger partial charge in [0, 0.05) is 51.0 Å². The molecule has 1 aromatic carbocycles. The first-order valence-electron chi connectivity index (χ1n) is 14.8. The first-order chi connectivity index (χ1) is 20.2. The van der Waals surface area contributed by atoms with E-state index >= 15 is 0 Å². The number of carbonyl (C=O) groups excluding carboxylic acids is 1. The minimum atomic E-state index is -4.36. The third-order valence-electron chi connectivity index (χ3n) is 8.62. The highest BCUT2D eigenvalue weighted by atomic mass is 19.4. The van der Waals surface area contributed by atoms with Gasteiger partial charge in [0.15, 0.2) is 5.69 Å². The minimum Gasteiger partial charge on any atom is -0.381 e. The Hall–Kier alpha value is -2.80. The highest BCUT2D eigenvalue weighted by Gasteiger charge is 2.33. The second kappa shape index (κ2) is 13.7. The molecule has 2 aromatic rings. The number of hydrogen-bond donors (Lipinski definition) is 2. The second-order valence-electron chi connectivity index (χ2n) is 11.4. The quantitative estimate of drug-likeness (QED) is 0.463. The Morgan fingerprint density at radius 3 is 2.60 bits per heavy atom. The lowest BCUT2D eigenvalue weighted by atomic mass is 9.97. The molecule has 0 aliphatic carbocycles. The molecule has 9 nitrogen and oxygen atoms in total. The van der Waals surface area contributed by atoms with Crippen molar-refractivity contribution in [1.29, 1.82) is 0 Å². The molecule has 0 bridgehead atoms. The summed E-state index contributed by atoms with van der Waals surface area (Å²) in [6, 6.07) is 5.78. The number of amides is 1. The zero-order chi connectivity index (χ0) is 29.7. The SMILES string of the molecule is CO[C@@H]1COCC[C@@H]1NC1CCN(C(=O)c2nncc(NC[C@H]3CCC[C@@H](c4ccc(C(F)(F)F)cc4)O3)c2C)CC1. The monoisotopic (exact) mass is 591 g/mol. The molecule has 3 aliphatic rings. The van der Waals surface area contributed by atoms with Gasteiger partial charge in [0.1, 0.15) is 0 Å². The molecule has 4 heterocycles. The first kappa shape index (κ1) is 30.7. The van der Waals surface area contributed by atoms with E-state index in [0.717, 1.165) is 74.1 Å². The van der Waals surface area contributed by atoms with Gasteiger partial charge in [-0.1, -0.05) is 12.1 Å². The number of hydrogen-bond acceptors (Lipinski definition) is 8. The summed E-state index contributed by atoms with van der Waals surface area (Å²) in [7, 11) is 1.71. The van der Waals surface area contributed by atoms with Crippen molar-refractivity contribution in [2.75, 3.05) is 45.3 Å². The number of methoxy groups -OCH3 is 1. The zero-order valence-corrected chi connectivity index (χ0v) is 24.2. The van der Waals surface area contributed by atoms with Crippen LogP contribution in [0.4, 0.5) is 18.9 Å². The molecule has 230 valence electrons. The summed E-state index contributed by atoms with van der Waals surface area (Å²) >= 11 is 0. The molecule has 0 saturated carbocycles. The van der Waals surface area contributed by atoms with Crippen LogP contribution in [0.25, 0.3) is 0 Å². The van der Waals surface area contributed by atoms with Gasteiger partial charge in [-0.3, -0.25) is 4.79 Å². The van der Waals surface area contributed by atoms with Crippen LogP contribution >= 0.6 is 0 Å². The summed E-state index contributed by atoms with van der Waals surface area (Å²) in [5, 5.41) is 15.4. The zero-order valence-electron chi connectivity index (χ0n) is 24.2. The van der Waals surface area contributed by atoms with Gasteiger partial charge in [0.25, 0.3) is 5.91 Å². The molecule has 4 atom stereocenters. The highest BCUT2D eigenvalue weighted by Crippen LogP contribution is 2.34. The summed E-state index contributed by atoms with van der Waals surface area (Å²) in [5.74, 6) is -0.126. The van der Waals surface area contributed by atoms with Gasteiger partial charge in [0.05, 0.1) is 42.4 Å². The van der Waals surface area contributed by atoms with E-state index in [0.29, 0.717) is 38.0 Å². The van der Waals surface area contributed by atoms with Crippen molar-refractivity contribution in [3.05, 3.63) is 52.8 Å². The van der Waals surface area contributed by atoms with Crippen molar-refractivity contribution in [1.82, 2.24) is 20.4 Å². The molecule has 3 fully saturated rings. The largest absolute Gasteiger partial charge is 0.416 e. The maximum Gasteiger partial charge on any atom is 0.416 e. The number of alkyl halides is 3. The molecule has 3 aliphatic heterocycles. The van der Waals surface area contributed by atoms with E-state index in [9.17, 15) is 18.0 Å². The average Bonchev–Trinajstić information content (AvgIpc) is 3.01. The van der Waals surface area contributed by atoms with E-state index in [-0.39, 0.29) is 30.3 Å². The summed E-state index contributed by atoms with van der Waals surface area (Å²) < 4.78 is 56.1. The smallest absolute Gasteiger partial charge is 0.381 e. The van der Waals surface area contributed by atoms with Gasteiger partial charge in [-0.05, 0) is 63.1 Å². The number of likely N-dealkylation sites (tertiary alicyclic amines) is 1. The molecule has 0 spiro atoms. The molecule has 5 rings (SSSR count). The Kier molecular flexibility index (Phi) is 9.97. The van der Waals surface area contributed by atoms with E-state index in [4.69, 9.17) is 14.2 Å². The molecule has 2 N–H and O–H groups in total. The van der Waals surface area contributed by atoms with Crippen LogP contribution in [0.3, 0.4) is 0 Å². The van der Waals surface area contributed by atoms with Crippen LogP contribution in [0.15, 0.2) is 30.5 Å². The fraction of sp³-hybridized carbons (Fsp3) is 0.633. The van der Waals surface area contributed by atoms with Crippen molar-refractivity contribution in [2.45, 2.75) is 82.0 Å². The number of ether oxygens (including phenoxy) is 3. The van der Waals surface area contributed by atoms with Crippen LogP contribution in [0.5, 0.6) is 0 Å². The fourth-order valence-corrected chi connectivity index (χ4v) is 6.07. The maximum atomic E-state index is 13.4. The number of halogens is 3. The number of nitrogens with zero attached hydrogens (tertiary/aromatic N) is 3. The molecular weight excluding hydrogens is 551 g/mol. The van der Waals surface area contributed by atoms with Crippen LogP contribution in [0, 0.1) is 6.92 Å². The lowest BCUT2D eigenvalue weighted by Crippen LogP contribution is -2.54. The van der Waals surface area contributed by atoms with Gasteiger partial charge in [0.2, 0.25) is 0 Å². The Balaban J connectivity index is 1.13. The van der Waals surface area contributed by atoms with Crippen molar-refractivity contribution in [3.63, 3.8) is 0 Å². The van der Waals surface area contributed by atoms with E-state index in [2.05, 4.69) is 20.8 Å². The predicted molar refractivity (Wildman–Crippen MR) is 150 cm³/mol. The Morgan fingerprint density at radius 1 is 1.12 bits per heavy atom. The predicted octanol–water partition coefficient (Wildman–Crippen LogP) is 4.52. The summed E-state index contributed by atoms with van der Waals surface area (Å²) in [5.41, 5.74) is 1.86. The molecule has 3 saturated heterocycles. The van der Waals surface area contributed by atoms with Gasteiger partial charge in [-0.2, -0.15) is 18.3 Å². The number of aromatic nitrogens is 2. The van der Waals surface area contributed by atoms with E-state index in [1.165, 1.54) is 12.1 Å². The molecule has 1 aromatic heterocycles. The van der Waals surface area contributed by atoms with E-state index < -0.39 is 11.7 Å². The molecule has 1 amide bonds. The molecular formula is C30H40F3N5O4. The Morgan fingerprint density at radius 2 is 1.88 bits per heavy atom. The summed E-state index contributed by atoms with van der Waals surface area (Å²) in [4.78, 5) is 15.2. The summed E-state index contributed by atoms with van der Waals surface area (Å²) in [6.07, 6.45) is 2.01. The van der Waals surface area contributed by atoms with Gasteiger partial charge < -0.3 is 29.7 Å². The van der Waals surface area contributed by atoms with Gasteiger partial charge in [-0.25, -0.2) is 0 Å². The van der Waals surface area contributed by atoms with Crippen molar-refractivity contribution < 1.29 is 32.2 Å². The van der Waals surface area contributed by atoms with Crippen LogP contribution in [0.1, 0.15) is 71.8 Å². The van der Waals surface area contributed by atoms with Crippen LogP contribution in [-0.2, 0) is 20.4 Å². The Bertz CT molecular complexity index is 1190.